The Labute approximate surface area is 131 Å². The highest BCUT2D eigenvalue weighted by Gasteiger charge is 2.23. The van der Waals surface area contributed by atoms with Gasteiger partial charge in [0, 0.05) is 12.6 Å². The summed E-state index contributed by atoms with van der Waals surface area (Å²) in [6.45, 7) is 7.24. The zero-order valence-corrected chi connectivity index (χ0v) is 13.8. The maximum absolute atomic E-state index is 14.0. The summed E-state index contributed by atoms with van der Waals surface area (Å²) in [5.74, 6) is -0.0433. The minimum Gasteiger partial charge on any atom is -0.496 e. The van der Waals surface area contributed by atoms with Gasteiger partial charge in [0.1, 0.15) is 11.6 Å². The van der Waals surface area contributed by atoms with Crippen molar-refractivity contribution in [1.29, 1.82) is 0 Å². The lowest BCUT2D eigenvalue weighted by atomic mass is 10.1. The molecule has 0 saturated carbocycles. The van der Waals surface area contributed by atoms with Gasteiger partial charge in [0.15, 0.2) is 0 Å². The average molecular weight is 312 g/mol. The predicted octanol–water partition coefficient (Wildman–Crippen LogP) is 2.70. The number of hydrogen-bond acceptors (Lipinski definition) is 3. The minimum absolute atomic E-state index is 0.0793. The van der Waals surface area contributed by atoms with Crippen LogP contribution in [0.4, 0.5) is 9.18 Å². The molecule has 1 rings (SSSR count). The van der Waals surface area contributed by atoms with Crippen LogP contribution in [0, 0.1) is 5.82 Å². The molecule has 0 heterocycles. The summed E-state index contributed by atoms with van der Waals surface area (Å²) >= 11 is 0. The predicted molar refractivity (Wildman–Crippen MR) is 83.4 cm³/mol. The summed E-state index contributed by atoms with van der Waals surface area (Å²) in [4.78, 5) is 13.9. The number of amides is 2. The number of nitrogens with zero attached hydrogens (tertiary/aromatic N) is 1. The molecule has 0 radical (unpaired) electrons. The molecule has 0 saturated heterocycles. The van der Waals surface area contributed by atoms with E-state index in [-0.39, 0.29) is 18.6 Å². The van der Waals surface area contributed by atoms with E-state index in [1.165, 1.54) is 18.1 Å². The van der Waals surface area contributed by atoms with Gasteiger partial charge in [0.2, 0.25) is 0 Å². The molecule has 0 bridgehead atoms. The Kier molecular flexibility index (Phi) is 6.61. The molecule has 5 nitrogen and oxygen atoms in total. The van der Waals surface area contributed by atoms with Gasteiger partial charge in [-0.1, -0.05) is 6.07 Å². The first-order valence-corrected chi connectivity index (χ1v) is 7.35. The molecule has 0 aliphatic rings. The van der Waals surface area contributed by atoms with Crippen LogP contribution in [0.3, 0.4) is 0 Å². The highest BCUT2D eigenvalue weighted by Crippen LogP contribution is 2.27. The van der Waals surface area contributed by atoms with E-state index in [1.54, 1.807) is 26.0 Å². The Bertz CT molecular complexity index is 506. The molecule has 2 N–H and O–H groups in total. The van der Waals surface area contributed by atoms with Gasteiger partial charge in [-0.05, 0) is 39.8 Å². The molecule has 0 aliphatic heterocycles. The number of carbonyl (C=O) groups excluding carboxylic acids is 1. The van der Waals surface area contributed by atoms with Crippen molar-refractivity contribution in [3.63, 3.8) is 0 Å². The van der Waals surface area contributed by atoms with Crippen LogP contribution in [0.15, 0.2) is 18.2 Å². The van der Waals surface area contributed by atoms with Crippen molar-refractivity contribution < 1.29 is 19.0 Å². The lowest BCUT2D eigenvalue weighted by Crippen LogP contribution is -2.47. The number of aliphatic hydroxyl groups is 1. The summed E-state index contributed by atoms with van der Waals surface area (Å²) in [6, 6.07) is 3.55. The Morgan fingerprint density at radius 2 is 2.00 bits per heavy atom. The minimum atomic E-state index is -0.633. The molecule has 2 amide bonds. The molecule has 0 spiro atoms. The van der Waals surface area contributed by atoms with Gasteiger partial charge in [-0.15, -0.1) is 0 Å². The first-order valence-electron chi connectivity index (χ1n) is 7.35. The van der Waals surface area contributed by atoms with Crippen molar-refractivity contribution in [1.82, 2.24) is 10.2 Å². The molecule has 0 fully saturated rings. The van der Waals surface area contributed by atoms with E-state index in [0.717, 1.165) is 0 Å². The smallest absolute Gasteiger partial charge is 0.318 e. The average Bonchev–Trinajstić information content (AvgIpc) is 2.43. The zero-order chi connectivity index (χ0) is 16.9. The fourth-order valence-electron chi connectivity index (χ4n) is 2.27. The SMILES string of the molecule is COc1cccc(F)c1C(C)NC(=O)N(CC(C)O)C(C)C. The number of urea groups is 1. The van der Waals surface area contributed by atoms with Gasteiger partial charge in [-0.2, -0.15) is 0 Å². The Morgan fingerprint density at radius 3 is 2.50 bits per heavy atom. The normalized spacial score (nSPS) is 13.6. The van der Waals surface area contributed by atoms with Gasteiger partial charge in [0.25, 0.3) is 0 Å². The van der Waals surface area contributed by atoms with Gasteiger partial charge < -0.3 is 20.1 Å². The van der Waals surface area contributed by atoms with E-state index < -0.39 is 18.0 Å². The molecule has 0 aromatic heterocycles. The lowest BCUT2D eigenvalue weighted by Gasteiger charge is -2.30. The summed E-state index contributed by atoms with van der Waals surface area (Å²) < 4.78 is 19.2. The van der Waals surface area contributed by atoms with E-state index in [2.05, 4.69) is 5.32 Å². The van der Waals surface area contributed by atoms with Crippen LogP contribution in [0.5, 0.6) is 5.75 Å². The van der Waals surface area contributed by atoms with E-state index >= 15 is 0 Å². The van der Waals surface area contributed by atoms with Gasteiger partial charge >= 0.3 is 6.03 Å². The summed E-state index contributed by atoms with van der Waals surface area (Å²) in [7, 11) is 1.46. The molecular formula is C16H25FN2O3. The maximum Gasteiger partial charge on any atom is 0.318 e. The molecule has 2 atom stereocenters. The first-order chi connectivity index (χ1) is 10.3. The van der Waals surface area contributed by atoms with Gasteiger partial charge in [-0.25, -0.2) is 9.18 Å². The molecule has 2 unspecified atom stereocenters. The number of methoxy groups -OCH3 is 1. The number of hydrogen-bond donors (Lipinski definition) is 2. The van der Waals surface area contributed by atoms with Crippen LogP contribution < -0.4 is 10.1 Å². The fourth-order valence-corrected chi connectivity index (χ4v) is 2.27. The number of benzene rings is 1. The monoisotopic (exact) mass is 312 g/mol. The molecule has 6 heteroatoms. The highest BCUT2D eigenvalue weighted by atomic mass is 19.1. The van der Waals surface area contributed by atoms with Crippen molar-refractivity contribution >= 4 is 6.03 Å². The largest absolute Gasteiger partial charge is 0.496 e. The van der Waals surface area contributed by atoms with E-state index in [0.29, 0.717) is 11.3 Å². The van der Waals surface area contributed by atoms with Crippen molar-refractivity contribution in [3.05, 3.63) is 29.6 Å². The van der Waals surface area contributed by atoms with Crippen LogP contribution in [-0.2, 0) is 0 Å². The van der Waals surface area contributed by atoms with E-state index in [4.69, 9.17) is 4.74 Å². The molecule has 22 heavy (non-hydrogen) atoms. The Balaban J connectivity index is 2.91. The third-order valence-corrected chi connectivity index (χ3v) is 3.35. The lowest BCUT2D eigenvalue weighted by molar-refractivity contribution is 0.117. The van der Waals surface area contributed by atoms with Gasteiger partial charge in [-0.3, -0.25) is 0 Å². The number of halogens is 1. The van der Waals surface area contributed by atoms with Crippen LogP contribution >= 0.6 is 0 Å². The number of carbonyl (C=O) groups is 1. The zero-order valence-electron chi connectivity index (χ0n) is 13.8. The van der Waals surface area contributed by atoms with E-state index in [1.807, 2.05) is 13.8 Å². The van der Waals surface area contributed by atoms with Crippen molar-refractivity contribution in [3.8, 4) is 5.75 Å². The molecule has 1 aromatic rings. The fraction of sp³-hybridized carbons (Fsp3) is 0.562. The second kappa shape index (κ2) is 7.98. The van der Waals surface area contributed by atoms with Crippen LogP contribution in [0.2, 0.25) is 0 Å². The standard InChI is InChI=1S/C16H25FN2O3/c1-10(2)19(9-11(3)20)16(21)18-12(4)15-13(17)7-6-8-14(15)22-5/h6-8,10-12,20H,9H2,1-5H3,(H,18,21). The first kappa shape index (κ1) is 18.2. The second-order valence-corrected chi connectivity index (χ2v) is 5.62. The molecular weight excluding hydrogens is 287 g/mol. The number of rotatable bonds is 6. The Hall–Kier alpha value is -1.82. The van der Waals surface area contributed by atoms with Crippen molar-refractivity contribution in [2.75, 3.05) is 13.7 Å². The highest BCUT2D eigenvalue weighted by molar-refractivity contribution is 5.75. The number of aliphatic hydroxyl groups excluding tert-OH is 1. The Morgan fingerprint density at radius 1 is 1.36 bits per heavy atom. The quantitative estimate of drug-likeness (QED) is 0.849. The summed E-state index contributed by atoms with van der Waals surface area (Å²) in [5.41, 5.74) is 0.305. The van der Waals surface area contributed by atoms with Gasteiger partial charge in [0.05, 0.1) is 24.8 Å². The molecule has 0 aliphatic carbocycles. The van der Waals surface area contributed by atoms with Crippen LogP contribution in [-0.4, -0.2) is 41.8 Å². The second-order valence-electron chi connectivity index (χ2n) is 5.62. The topological polar surface area (TPSA) is 61.8 Å². The third kappa shape index (κ3) is 4.59. The summed E-state index contributed by atoms with van der Waals surface area (Å²) in [6.07, 6.45) is -0.633. The number of nitrogens with one attached hydrogen (secondary N) is 1. The number of ether oxygens (including phenoxy) is 1. The molecule has 124 valence electrons. The maximum atomic E-state index is 14.0. The molecule has 1 aromatic carbocycles. The van der Waals surface area contributed by atoms with Crippen molar-refractivity contribution in [2.24, 2.45) is 0 Å². The van der Waals surface area contributed by atoms with Crippen LogP contribution in [0.1, 0.15) is 39.3 Å². The summed E-state index contributed by atoms with van der Waals surface area (Å²) in [5, 5.41) is 12.3. The van der Waals surface area contributed by atoms with E-state index in [9.17, 15) is 14.3 Å². The van der Waals surface area contributed by atoms with Crippen molar-refractivity contribution in [2.45, 2.75) is 45.9 Å². The van der Waals surface area contributed by atoms with Crippen LogP contribution in [0.25, 0.3) is 0 Å². The third-order valence-electron chi connectivity index (χ3n) is 3.35.